The fraction of sp³-hybridized carbons (Fsp3) is 0. The molecule has 2 heterocycles. The number of rotatable bonds is 4. The molecular weight excluding hydrogens is 424 g/mol. The number of furan rings is 1. The van der Waals surface area contributed by atoms with Gasteiger partial charge in [-0.3, -0.25) is 14.9 Å². The van der Waals surface area contributed by atoms with E-state index >= 15 is 0 Å². The Morgan fingerprint density at radius 1 is 1.03 bits per heavy atom. The summed E-state index contributed by atoms with van der Waals surface area (Å²) in [6, 6.07) is 14.2. The van der Waals surface area contributed by atoms with Crippen LogP contribution in [0.25, 0.3) is 17.4 Å². The number of hydrogen-bond acceptors (Lipinski definition) is 6. The monoisotopic (exact) mass is 435 g/mol. The van der Waals surface area contributed by atoms with Crippen molar-refractivity contribution in [3.63, 3.8) is 0 Å². The summed E-state index contributed by atoms with van der Waals surface area (Å²) in [6.07, 6.45) is 1.17. The molecule has 0 bridgehead atoms. The molecule has 0 unspecified atom stereocenters. The van der Waals surface area contributed by atoms with Gasteiger partial charge in [-0.25, -0.2) is 9.69 Å². The summed E-state index contributed by atoms with van der Waals surface area (Å²) in [7, 11) is 0. The lowest BCUT2D eigenvalue weighted by molar-refractivity contribution is -0.255. The predicted molar refractivity (Wildman–Crippen MR) is 109 cm³/mol. The number of halogens is 1. The highest BCUT2D eigenvalue weighted by Crippen LogP contribution is 2.28. The third-order valence-corrected chi connectivity index (χ3v) is 4.73. The van der Waals surface area contributed by atoms with Crippen molar-refractivity contribution in [3.8, 4) is 11.3 Å². The summed E-state index contributed by atoms with van der Waals surface area (Å²) >= 11 is 5.94. The van der Waals surface area contributed by atoms with E-state index in [4.69, 9.17) is 16.0 Å². The molecule has 4 amide bonds. The molecule has 0 atom stereocenters. The Morgan fingerprint density at radius 3 is 2.55 bits per heavy atom. The molecule has 1 fully saturated rings. The van der Waals surface area contributed by atoms with E-state index in [0.29, 0.717) is 5.02 Å². The standard InChI is InChI=1S/C22H13ClN2O6/c23-12-4-3-5-13(10-12)25-20(27)17(19(26)24-22(25)30)11-14-8-9-18(31-14)15-6-1-2-7-16(15)21(28)29/h1-11H,(H,28,29)(H,24,26,30)/p-1/b17-11+. The van der Waals surface area contributed by atoms with Gasteiger partial charge in [-0.1, -0.05) is 41.9 Å². The molecule has 31 heavy (non-hydrogen) atoms. The quantitative estimate of drug-likeness (QED) is 0.497. The minimum absolute atomic E-state index is 0.0692. The summed E-state index contributed by atoms with van der Waals surface area (Å²) in [4.78, 5) is 49.5. The van der Waals surface area contributed by atoms with E-state index in [9.17, 15) is 24.3 Å². The largest absolute Gasteiger partial charge is 0.545 e. The number of carboxylic acids is 1. The number of nitrogens with zero attached hydrogens (tertiary/aromatic N) is 1. The zero-order chi connectivity index (χ0) is 22.1. The minimum Gasteiger partial charge on any atom is -0.545 e. The first-order valence-electron chi connectivity index (χ1n) is 8.93. The number of carbonyl (C=O) groups excluding carboxylic acids is 4. The maximum absolute atomic E-state index is 12.9. The molecule has 0 saturated carbocycles. The molecule has 4 rings (SSSR count). The van der Waals surface area contributed by atoms with Crippen molar-refractivity contribution in [1.82, 2.24) is 5.32 Å². The van der Waals surface area contributed by atoms with E-state index in [1.807, 2.05) is 0 Å². The van der Waals surface area contributed by atoms with Gasteiger partial charge in [-0.15, -0.1) is 0 Å². The van der Waals surface area contributed by atoms with Crippen LogP contribution < -0.4 is 15.3 Å². The van der Waals surface area contributed by atoms with Crippen LogP contribution in [0.1, 0.15) is 16.1 Å². The van der Waals surface area contributed by atoms with E-state index in [1.54, 1.807) is 30.3 Å². The van der Waals surface area contributed by atoms with Gasteiger partial charge in [0.15, 0.2) is 0 Å². The number of carboxylic acid groups (broad SMARTS) is 1. The van der Waals surface area contributed by atoms with Crippen LogP contribution >= 0.6 is 11.6 Å². The molecular formula is C22H12ClN2O6-. The van der Waals surface area contributed by atoms with Crippen LogP contribution in [-0.4, -0.2) is 23.8 Å². The molecule has 0 radical (unpaired) electrons. The van der Waals surface area contributed by atoms with E-state index < -0.39 is 23.8 Å². The number of nitrogens with one attached hydrogen (secondary N) is 1. The van der Waals surface area contributed by atoms with Crippen molar-refractivity contribution in [2.75, 3.05) is 4.90 Å². The zero-order valence-electron chi connectivity index (χ0n) is 15.6. The summed E-state index contributed by atoms with van der Waals surface area (Å²) in [5.41, 5.74) is 0.0626. The van der Waals surface area contributed by atoms with Gasteiger partial charge in [-0.2, -0.15) is 0 Å². The summed E-state index contributed by atoms with van der Waals surface area (Å²) in [5.74, 6) is -2.80. The molecule has 9 heteroatoms. The topological polar surface area (TPSA) is 120 Å². The van der Waals surface area contributed by atoms with Crippen molar-refractivity contribution in [2.45, 2.75) is 0 Å². The molecule has 1 N–H and O–H groups in total. The SMILES string of the molecule is O=C1NC(=O)N(c2cccc(Cl)c2)C(=O)/C1=C/c1ccc(-c2ccccc2C(=O)[O-])o1. The van der Waals surface area contributed by atoms with E-state index in [0.717, 1.165) is 4.90 Å². The van der Waals surface area contributed by atoms with Crippen LogP contribution in [0.4, 0.5) is 10.5 Å². The fourth-order valence-corrected chi connectivity index (χ4v) is 3.29. The summed E-state index contributed by atoms with van der Waals surface area (Å²) < 4.78 is 5.62. The Morgan fingerprint density at radius 2 is 1.81 bits per heavy atom. The van der Waals surface area contributed by atoms with Crippen molar-refractivity contribution in [3.05, 3.63) is 82.6 Å². The maximum Gasteiger partial charge on any atom is 0.335 e. The van der Waals surface area contributed by atoms with Gasteiger partial charge in [0, 0.05) is 16.1 Å². The van der Waals surface area contributed by atoms with Crippen LogP contribution in [0.5, 0.6) is 0 Å². The normalized spacial score (nSPS) is 15.3. The Balaban J connectivity index is 1.70. The first kappa shape index (κ1) is 20.1. The summed E-state index contributed by atoms with van der Waals surface area (Å²) in [5, 5.41) is 13.7. The van der Waals surface area contributed by atoms with Crippen LogP contribution in [0, 0.1) is 0 Å². The van der Waals surface area contributed by atoms with Gasteiger partial charge in [0.2, 0.25) is 0 Å². The van der Waals surface area contributed by atoms with Gasteiger partial charge < -0.3 is 14.3 Å². The Bertz CT molecular complexity index is 1280. The number of imide groups is 2. The number of carbonyl (C=O) groups is 4. The molecule has 0 spiro atoms. The van der Waals surface area contributed by atoms with Gasteiger partial charge >= 0.3 is 6.03 Å². The Kier molecular flexibility index (Phi) is 5.14. The highest BCUT2D eigenvalue weighted by Gasteiger charge is 2.37. The second-order valence-corrected chi connectivity index (χ2v) is 6.91. The number of urea groups is 1. The highest BCUT2D eigenvalue weighted by atomic mass is 35.5. The number of aromatic carboxylic acids is 1. The molecule has 1 aliphatic rings. The smallest absolute Gasteiger partial charge is 0.335 e. The molecule has 3 aromatic rings. The maximum atomic E-state index is 12.9. The molecule has 0 aliphatic carbocycles. The molecule has 1 aromatic heterocycles. The number of barbiturate groups is 1. The van der Waals surface area contributed by atoms with Crippen LogP contribution in [0.3, 0.4) is 0 Å². The lowest BCUT2D eigenvalue weighted by Gasteiger charge is -2.26. The van der Waals surface area contributed by atoms with Crippen LogP contribution in [0.2, 0.25) is 5.02 Å². The molecule has 154 valence electrons. The molecule has 1 aliphatic heterocycles. The van der Waals surface area contributed by atoms with Gasteiger partial charge in [0.1, 0.15) is 17.1 Å². The lowest BCUT2D eigenvalue weighted by Crippen LogP contribution is -2.54. The number of benzene rings is 2. The van der Waals surface area contributed by atoms with Gasteiger partial charge in [0.25, 0.3) is 11.8 Å². The van der Waals surface area contributed by atoms with Crippen molar-refractivity contribution in [1.29, 1.82) is 0 Å². The average molecular weight is 436 g/mol. The third-order valence-electron chi connectivity index (χ3n) is 4.49. The zero-order valence-corrected chi connectivity index (χ0v) is 16.4. The first-order chi connectivity index (χ1) is 14.8. The molecule has 8 nitrogen and oxygen atoms in total. The Hall–Kier alpha value is -4.17. The van der Waals surface area contributed by atoms with E-state index in [2.05, 4.69) is 5.32 Å². The van der Waals surface area contributed by atoms with Crippen molar-refractivity contribution >= 4 is 47.2 Å². The lowest BCUT2D eigenvalue weighted by atomic mass is 10.1. The fourth-order valence-electron chi connectivity index (χ4n) is 3.10. The first-order valence-corrected chi connectivity index (χ1v) is 9.30. The van der Waals surface area contributed by atoms with Gasteiger partial charge in [0.05, 0.1) is 11.7 Å². The predicted octanol–water partition coefficient (Wildman–Crippen LogP) is 2.63. The highest BCUT2D eigenvalue weighted by molar-refractivity contribution is 6.39. The van der Waals surface area contributed by atoms with Crippen LogP contribution in [0.15, 0.2) is 70.7 Å². The second-order valence-electron chi connectivity index (χ2n) is 6.47. The van der Waals surface area contributed by atoms with E-state index in [1.165, 1.54) is 36.4 Å². The second kappa shape index (κ2) is 7.92. The number of hydrogen-bond donors (Lipinski definition) is 1. The van der Waals surface area contributed by atoms with Gasteiger partial charge in [-0.05, 0) is 36.4 Å². The summed E-state index contributed by atoms with van der Waals surface area (Å²) in [6.45, 7) is 0. The van der Waals surface area contributed by atoms with Crippen LogP contribution in [-0.2, 0) is 9.59 Å². The molecule has 2 aromatic carbocycles. The van der Waals surface area contributed by atoms with Crippen molar-refractivity contribution in [2.24, 2.45) is 0 Å². The van der Waals surface area contributed by atoms with E-state index in [-0.39, 0.29) is 33.9 Å². The Labute approximate surface area is 180 Å². The molecule has 1 saturated heterocycles. The number of anilines is 1. The van der Waals surface area contributed by atoms with Crippen molar-refractivity contribution < 1.29 is 28.7 Å². The number of amides is 4. The third kappa shape index (κ3) is 3.84. The minimum atomic E-state index is -1.37. The average Bonchev–Trinajstić information content (AvgIpc) is 3.19.